The molecular formula is C27H29NO4. The molecule has 3 aromatic rings. The molecule has 0 amide bonds. The van der Waals surface area contributed by atoms with Crippen molar-refractivity contribution in [3.63, 3.8) is 0 Å². The van der Waals surface area contributed by atoms with Gasteiger partial charge >= 0.3 is 5.97 Å². The highest BCUT2D eigenvalue weighted by molar-refractivity contribution is 6.09. The predicted octanol–water partition coefficient (Wildman–Crippen LogP) is 5.14. The lowest BCUT2D eigenvalue weighted by atomic mass is 10.0. The lowest BCUT2D eigenvalue weighted by Gasteiger charge is -2.24. The van der Waals surface area contributed by atoms with E-state index in [-0.39, 0.29) is 18.4 Å². The van der Waals surface area contributed by atoms with Crippen LogP contribution in [0.2, 0.25) is 0 Å². The van der Waals surface area contributed by atoms with Gasteiger partial charge < -0.3 is 9.84 Å². The Morgan fingerprint density at radius 3 is 2.28 bits per heavy atom. The van der Waals surface area contributed by atoms with Crippen LogP contribution in [0.25, 0.3) is 0 Å². The molecule has 5 nitrogen and oxygen atoms in total. The average Bonchev–Trinajstić information content (AvgIpc) is 2.80. The molecule has 0 heterocycles. The van der Waals surface area contributed by atoms with E-state index in [0.29, 0.717) is 36.4 Å². The number of aliphatic carboxylic acids is 1. The minimum atomic E-state index is -0.841. The molecule has 0 saturated heterocycles. The molecule has 32 heavy (non-hydrogen) atoms. The first-order chi connectivity index (χ1) is 15.5. The highest BCUT2D eigenvalue weighted by Crippen LogP contribution is 2.26. The van der Waals surface area contributed by atoms with Crippen molar-refractivity contribution in [3.05, 3.63) is 101 Å². The molecule has 0 saturated carbocycles. The quantitative estimate of drug-likeness (QED) is 0.426. The fourth-order valence-corrected chi connectivity index (χ4v) is 3.63. The maximum absolute atomic E-state index is 12.9. The molecule has 1 N–H and O–H groups in total. The Bertz CT molecular complexity index is 1050. The third-order valence-electron chi connectivity index (χ3n) is 5.34. The third kappa shape index (κ3) is 6.53. The zero-order chi connectivity index (χ0) is 22.9. The highest BCUT2D eigenvalue weighted by atomic mass is 16.5. The molecule has 0 fully saturated rings. The Labute approximate surface area is 189 Å². The van der Waals surface area contributed by atoms with Crippen LogP contribution in [0.5, 0.6) is 5.75 Å². The molecular weight excluding hydrogens is 402 g/mol. The van der Waals surface area contributed by atoms with Crippen molar-refractivity contribution in [3.8, 4) is 5.75 Å². The van der Waals surface area contributed by atoms with Gasteiger partial charge in [-0.15, -0.1) is 0 Å². The first-order valence-electron chi connectivity index (χ1n) is 10.8. The molecule has 0 aromatic heterocycles. The summed E-state index contributed by atoms with van der Waals surface area (Å²) in [7, 11) is 0. The minimum absolute atomic E-state index is 0.00150. The standard InChI is InChI=1S/C27H29NO4/c1-3-28(19-26(29)30)16-15-25(21-10-5-4-6-11-21)32-24-14-8-13-23(18-24)27(31)22-12-7-9-20(2)17-22/h4-14,17-18,25H,3,15-16,19H2,1-2H3,(H,29,30). The highest BCUT2D eigenvalue weighted by Gasteiger charge is 2.17. The molecule has 1 unspecified atom stereocenters. The zero-order valence-electron chi connectivity index (χ0n) is 18.5. The molecule has 0 spiro atoms. The number of ether oxygens (including phenoxy) is 1. The van der Waals surface area contributed by atoms with Gasteiger partial charge in [-0.3, -0.25) is 14.5 Å². The van der Waals surface area contributed by atoms with Crippen molar-refractivity contribution >= 4 is 11.8 Å². The monoisotopic (exact) mass is 431 g/mol. The van der Waals surface area contributed by atoms with E-state index in [0.717, 1.165) is 11.1 Å². The molecule has 3 aromatic carbocycles. The maximum Gasteiger partial charge on any atom is 0.317 e. The van der Waals surface area contributed by atoms with Gasteiger partial charge in [0.25, 0.3) is 0 Å². The van der Waals surface area contributed by atoms with Gasteiger partial charge in [-0.25, -0.2) is 0 Å². The second-order valence-corrected chi connectivity index (χ2v) is 7.79. The van der Waals surface area contributed by atoms with Gasteiger partial charge in [-0.2, -0.15) is 0 Å². The number of nitrogens with zero attached hydrogens (tertiary/aromatic N) is 1. The van der Waals surface area contributed by atoms with Crippen LogP contribution in [0, 0.1) is 6.92 Å². The second-order valence-electron chi connectivity index (χ2n) is 7.79. The van der Waals surface area contributed by atoms with E-state index in [1.165, 1.54) is 0 Å². The van der Waals surface area contributed by atoms with Crippen LogP contribution in [-0.2, 0) is 4.79 Å². The summed E-state index contributed by atoms with van der Waals surface area (Å²) >= 11 is 0. The van der Waals surface area contributed by atoms with Crippen LogP contribution in [-0.4, -0.2) is 41.4 Å². The van der Waals surface area contributed by atoms with E-state index in [1.54, 1.807) is 12.1 Å². The number of aryl methyl sites for hydroxylation is 1. The summed E-state index contributed by atoms with van der Waals surface area (Å²) in [6.07, 6.45) is 0.365. The van der Waals surface area contributed by atoms with Crippen LogP contribution in [0.4, 0.5) is 0 Å². The summed E-state index contributed by atoms with van der Waals surface area (Å²) in [5.74, 6) is -0.279. The summed E-state index contributed by atoms with van der Waals surface area (Å²) < 4.78 is 6.32. The first kappa shape index (κ1) is 23.2. The van der Waals surface area contributed by atoms with Crippen molar-refractivity contribution in [1.29, 1.82) is 0 Å². The molecule has 0 radical (unpaired) electrons. The predicted molar refractivity (Wildman–Crippen MR) is 125 cm³/mol. The number of hydrogen-bond acceptors (Lipinski definition) is 4. The molecule has 0 aliphatic carbocycles. The molecule has 5 heteroatoms. The topological polar surface area (TPSA) is 66.8 Å². The van der Waals surface area contributed by atoms with Gasteiger partial charge in [-0.1, -0.05) is 73.2 Å². The summed E-state index contributed by atoms with van der Waals surface area (Å²) in [4.78, 5) is 25.9. The van der Waals surface area contributed by atoms with Gasteiger partial charge in [-0.05, 0) is 37.2 Å². The van der Waals surface area contributed by atoms with Crippen LogP contribution in [0.3, 0.4) is 0 Å². The molecule has 0 bridgehead atoms. The number of ketones is 1. The summed E-state index contributed by atoms with van der Waals surface area (Å²) in [5, 5.41) is 9.12. The second kappa shape index (κ2) is 11.3. The molecule has 1 atom stereocenters. The van der Waals surface area contributed by atoms with Crippen LogP contribution in [0.15, 0.2) is 78.9 Å². The normalized spacial score (nSPS) is 11.8. The van der Waals surface area contributed by atoms with Crippen molar-refractivity contribution in [2.45, 2.75) is 26.4 Å². The van der Waals surface area contributed by atoms with Gasteiger partial charge in [0.15, 0.2) is 5.78 Å². The number of rotatable bonds is 11. The van der Waals surface area contributed by atoms with Gasteiger partial charge in [0.1, 0.15) is 11.9 Å². The lowest BCUT2D eigenvalue weighted by Crippen LogP contribution is -2.31. The van der Waals surface area contributed by atoms with E-state index >= 15 is 0 Å². The molecule has 166 valence electrons. The van der Waals surface area contributed by atoms with Gasteiger partial charge in [0.05, 0.1) is 6.54 Å². The Kier molecular flexibility index (Phi) is 8.17. The Balaban J connectivity index is 1.79. The number of likely N-dealkylation sites (N-methyl/N-ethyl adjacent to an activating group) is 1. The fraction of sp³-hybridized carbons (Fsp3) is 0.259. The number of benzene rings is 3. The average molecular weight is 432 g/mol. The number of carboxylic acid groups (broad SMARTS) is 1. The Hall–Kier alpha value is -3.44. The molecule has 0 aliphatic rings. The Morgan fingerprint density at radius 2 is 1.62 bits per heavy atom. The smallest absolute Gasteiger partial charge is 0.317 e. The maximum atomic E-state index is 12.9. The number of hydrogen-bond donors (Lipinski definition) is 1. The van der Waals surface area contributed by atoms with Crippen molar-refractivity contribution in [2.75, 3.05) is 19.6 Å². The van der Waals surface area contributed by atoms with E-state index < -0.39 is 5.97 Å². The van der Waals surface area contributed by atoms with Gasteiger partial charge in [0, 0.05) is 24.1 Å². The van der Waals surface area contributed by atoms with Gasteiger partial charge in [0.2, 0.25) is 0 Å². The first-order valence-corrected chi connectivity index (χ1v) is 10.8. The van der Waals surface area contributed by atoms with Crippen molar-refractivity contribution < 1.29 is 19.4 Å². The fourth-order valence-electron chi connectivity index (χ4n) is 3.63. The SMILES string of the molecule is CCN(CCC(Oc1cccc(C(=O)c2cccc(C)c2)c1)c1ccccc1)CC(=O)O. The third-order valence-corrected chi connectivity index (χ3v) is 5.34. The molecule has 0 aliphatic heterocycles. The van der Waals surface area contributed by atoms with Crippen LogP contribution >= 0.6 is 0 Å². The summed E-state index contributed by atoms with van der Waals surface area (Å²) in [5.41, 5.74) is 3.26. The van der Waals surface area contributed by atoms with Crippen molar-refractivity contribution in [1.82, 2.24) is 4.90 Å². The number of carbonyl (C=O) groups excluding carboxylic acids is 1. The Morgan fingerprint density at radius 1 is 0.938 bits per heavy atom. The minimum Gasteiger partial charge on any atom is -0.486 e. The number of carboxylic acids is 1. The van der Waals surface area contributed by atoms with Crippen molar-refractivity contribution in [2.24, 2.45) is 0 Å². The summed E-state index contributed by atoms with van der Waals surface area (Å²) in [6.45, 7) is 5.14. The summed E-state index contributed by atoms with van der Waals surface area (Å²) in [6, 6.07) is 24.6. The number of carbonyl (C=O) groups is 2. The largest absolute Gasteiger partial charge is 0.486 e. The van der Waals surface area contributed by atoms with E-state index in [1.807, 2.05) is 85.5 Å². The molecule has 3 rings (SSSR count). The lowest BCUT2D eigenvalue weighted by molar-refractivity contribution is -0.138. The van der Waals surface area contributed by atoms with Crippen LogP contribution < -0.4 is 4.74 Å². The van der Waals surface area contributed by atoms with E-state index in [4.69, 9.17) is 9.84 Å². The zero-order valence-corrected chi connectivity index (χ0v) is 18.5. The van der Waals surface area contributed by atoms with Crippen LogP contribution in [0.1, 0.15) is 46.5 Å². The van der Waals surface area contributed by atoms with E-state index in [2.05, 4.69) is 0 Å². The van der Waals surface area contributed by atoms with E-state index in [9.17, 15) is 9.59 Å².